The zero-order valence-corrected chi connectivity index (χ0v) is 24.2. The largest absolute Gasteiger partial charge is 0.480 e. The number of carbonyl (C=O) groups is 4. The Labute approximate surface area is 259 Å². The number of carboxylic acid groups (broad SMARTS) is 2. The van der Waals surface area contributed by atoms with Crippen molar-refractivity contribution in [3.63, 3.8) is 0 Å². The quantitative estimate of drug-likeness (QED) is 0.355. The van der Waals surface area contributed by atoms with Gasteiger partial charge in [-0.25, -0.2) is 19.2 Å². The molecule has 0 radical (unpaired) electrons. The van der Waals surface area contributed by atoms with Crippen molar-refractivity contribution >= 4 is 24.1 Å². The first kappa shape index (κ1) is 36.0. The molecule has 252 valence electrons. The fourth-order valence-corrected chi connectivity index (χ4v) is 5.04. The Balaban J connectivity index is 0.000000250. The van der Waals surface area contributed by atoms with E-state index in [9.17, 15) is 45.5 Å². The van der Waals surface area contributed by atoms with Crippen LogP contribution in [0, 0.1) is 11.8 Å². The van der Waals surface area contributed by atoms with Crippen molar-refractivity contribution in [1.82, 2.24) is 9.80 Å². The van der Waals surface area contributed by atoms with E-state index < -0.39 is 73.2 Å². The maximum atomic E-state index is 12.7. The molecule has 4 rings (SSSR count). The molecule has 2 fully saturated rings. The highest BCUT2D eigenvalue weighted by Gasteiger charge is 2.49. The van der Waals surface area contributed by atoms with E-state index in [1.807, 2.05) is 0 Å². The van der Waals surface area contributed by atoms with Gasteiger partial charge >= 0.3 is 36.5 Å². The lowest BCUT2D eigenvalue weighted by Gasteiger charge is -2.36. The minimum atomic E-state index is -4.46. The molecule has 4 atom stereocenters. The van der Waals surface area contributed by atoms with Crippen LogP contribution < -0.4 is 0 Å². The number of hydrogen-bond acceptors (Lipinski definition) is 6. The fourth-order valence-electron chi connectivity index (χ4n) is 5.04. The average Bonchev–Trinajstić information content (AvgIpc) is 3.02. The van der Waals surface area contributed by atoms with E-state index >= 15 is 0 Å². The van der Waals surface area contributed by atoms with Crippen LogP contribution in [-0.2, 0) is 32.3 Å². The number of aliphatic carboxylic acids is 2. The number of ether oxygens (including phenoxy) is 2. The molecular formula is C30H32F6N2O8. The summed E-state index contributed by atoms with van der Waals surface area (Å²) >= 11 is 0. The van der Waals surface area contributed by atoms with E-state index in [-0.39, 0.29) is 39.1 Å². The summed E-state index contributed by atoms with van der Waals surface area (Å²) in [6, 6.07) is 14.4. The van der Waals surface area contributed by atoms with Crippen LogP contribution in [0.5, 0.6) is 0 Å². The van der Waals surface area contributed by atoms with Gasteiger partial charge in [0.05, 0.1) is 11.8 Å². The first-order valence-corrected chi connectivity index (χ1v) is 14.1. The van der Waals surface area contributed by atoms with Crippen molar-refractivity contribution in [3.05, 3.63) is 71.8 Å². The third kappa shape index (κ3) is 10.3. The van der Waals surface area contributed by atoms with Gasteiger partial charge in [0.1, 0.15) is 25.3 Å². The third-order valence-corrected chi connectivity index (χ3v) is 7.58. The summed E-state index contributed by atoms with van der Waals surface area (Å²) in [6.07, 6.45) is -12.7. The fraction of sp³-hybridized carbons (Fsp3) is 0.467. The maximum Gasteiger partial charge on any atom is 0.410 e. The summed E-state index contributed by atoms with van der Waals surface area (Å²) in [4.78, 5) is 48.1. The average molecular weight is 663 g/mol. The van der Waals surface area contributed by atoms with E-state index in [1.165, 1.54) is 0 Å². The first-order valence-electron chi connectivity index (χ1n) is 14.1. The lowest BCUT2D eigenvalue weighted by molar-refractivity contribution is -0.192. The van der Waals surface area contributed by atoms with Crippen molar-refractivity contribution in [2.24, 2.45) is 11.8 Å². The highest BCUT2D eigenvalue weighted by molar-refractivity contribution is 5.81. The lowest BCUT2D eigenvalue weighted by atomic mass is 9.90. The predicted molar refractivity (Wildman–Crippen MR) is 147 cm³/mol. The Hall–Kier alpha value is -4.50. The van der Waals surface area contributed by atoms with Crippen molar-refractivity contribution in [3.8, 4) is 0 Å². The van der Waals surface area contributed by atoms with Crippen LogP contribution >= 0.6 is 0 Å². The smallest absolute Gasteiger partial charge is 0.410 e. The predicted octanol–water partition coefficient (Wildman–Crippen LogP) is 6.10. The van der Waals surface area contributed by atoms with Gasteiger partial charge in [-0.3, -0.25) is 9.80 Å². The van der Waals surface area contributed by atoms with E-state index in [4.69, 9.17) is 19.7 Å². The second kappa shape index (κ2) is 15.7. The van der Waals surface area contributed by atoms with Crippen molar-refractivity contribution in [2.45, 2.75) is 63.3 Å². The number of carboxylic acids is 2. The van der Waals surface area contributed by atoms with Gasteiger partial charge < -0.3 is 19.7 Å². The zero-order valence-electron chi connectivity index (χ0n) is 24.2. The first-order chi connectivity index (χ1) is 21.6. The minimum Gasteiger partial charge on any atom is -0.480 e. The molecular weight excluding hydrogens is 630 g/mol. The topological polar surface area (TPSA) is 134 Å². The normalized spacial score (nSPS) is 21.8. The molecule has 2 aromatic carbocycles. The van der Waals surface area contributed by atoms with Crippen molar-refractivity contribution in [1.29, 1.82) is 0 Å². The van der Waals surface area contributed by atoms with Gasteiger partial charge in [0.2, 0.25) is 0 Å². The van der Waals surface area contributed by atoms with Crippen LogP contribution in [-0.4, -0.2) is 81.7 Å². The summed E-state index contributed by atoms with van der Waals surface area (Å²) in [7, 11) is 0. The SMILES string of the molecule is O=C(O)[C@@H]1C[C@@H](C(F)(F)F)CCN1C(=O)OCc1ccccc1.O=C(O)[C@H]1C[C@H](C(F)(F)F)CCN1C(=O)OCc1ccccc1. The molecule has 2 saturated heterocycles. The molecule has 16 heteroatoms. The Morgan fingerprint density at radius 2 is 0.957 bits per heavy atom. The molecule has 2 aliphatic heterocycles. The zero-order chi connectivity index (χ0) is 34.1. The number of piperidine rings is 2. The molecule has 2 amide bonds. The molecule has 2 heterocycles. The van der Waals surface area contributed by atoms with Gasteiger partial charge in [-0.05, 0) is 36.8 Å². The Bertz CT molecular complexity index is 1220. The summed E-state index contributed by atoms with van der Waals surface area (Å²) in [5.74, 6) is -6.37. The number of nitrogens with zero attached hydrogens (tertiary/aromatic N) is 2. The number of rotatable bonds is 6. The Morgan fingerprint density at radius 1 is 0.630 bits per heavy atom. The van der Waals surface area contributed by atoms with Crippen LogP contribution in [0.4, 0.5) is 35.9 Å². The Morgan fingerprint density at radius 3 is 1.24 bits per heavy atom. The number of benzene rings is 2. The van der Waals surface area contributed by atoms with E-state index in [0.717, 1.165) is 9.80 Å². The molecule has 10 nitrogen and oxygen atoms in total. The van der Waals surface area contributed by atoms with Gasteiger partial charge in [-0.1, -0.05) is 60.7 Å². The van der Waals surface area contributed by atoms with Crippen molar-refractivity contribution < 1.29 is 65.2 Å². The Kier molecular flexibility index (Phi) is 12.3. The molecule has 2 aromatic rings. The molecule has 2 N–H and O–H groups in total. The second-order valence-corrected chi connectivity index (χ2v) is 10.7. The summed E-state index contributed by atoms with van der Waals surface area (Å²) in [5.41, 5.74) is 1.41. The lowest BCUT2D eigenvalue weighted by Crippen LogP contribution is -2.52. The van der Waals surface area contributed by atoms with Gasteiger partial charge in [0.15, 0.2) is 0 Å². The summed E-state index contributed by atoms with van der Waals surface area (Å²) in [5, 5.41) is 18.2. The molecule has 0 saturated carbocycles. The van der Waals surface area contributed by atoms with Crippen LogP contribution in [0.15, 0.2) is 60.7 Å². The van der Waals surface area contributed by atoms with Crippen molar-refractivity contribution in [2.75, 3.05) is 13.1 Å². The molecule has 0 spiro atoms. The molecule has 0 aliphatic carbocycles. The number of hydrogen-bond donors (Lipinski definition) is 2. The maximum absolute atomic E-state index is 12.7. The molecule has 46 heavy (non-hydrogen) atoms. The van der Waals surface area contributed by atoms with Crippen LogP contribution in [0.1, 0.15) is 36.8 Å². The summed E-state index contributed by atoms with van der Waals surface area (Å²) < 4.78 is 86.5. The number of amides is 2. The summed E-state index contributed by atoms with van der Waals surface area (Å²) in [6.45, 7) is -0.722. The number of halogens is 6. The monoisotopic (exact) mass is 662 g/mol. The number of carbonyl (C=O) groups excluding carboxylic acids is 2. The van der Waals surface area contributed by atoms with E-state index in [0.29, 0.717) is 11.1 Å². The molecule has 0 bridgehead atoms. The third-order valence-electron chi connectivity index (χ3n) is 7.58. The number of likely N-dealkylation sites (tertiary alicyclic amines) is 2. The van der Waals surface area contributed by atoms with E-state index in [1.54, 1.807) is 60.7 Å². The highest BCUT2D eigenvalue weighted by Crippen LogP contribution is 2.38. The van der Waals surface area contributed by atoms with E-state index in [2.05, 4.69) is 0 Å². The highest BCUT2D eigenvalue weighted by atomic mass is 19.4. The van der Waals surface area contributed by atoms with Gasteiger partial charge in [-0.15, -0.1) is 0 Å². The van der Waals surface area contributed by atoms with Gasteiger partial charge in [0.25, 0.3) is 0 Å². The second-order valence-electron chi connectivity index (χ2n) is 10.7. The van der Waals surface area contributed by atoms with Gasteiger partial charge in [0, 0.05) is 13.1 Å². The van der Waals surface area contributed by atoms with Crippen LogP contribution in [0.2, 0.25) is 0 Å². The minimum absolute atomic E-state index is 0.0643. The molecule has 0 aromatic heterocycles. The number of alkyl halides is 6. The standard InChI is InChI=1S/2C15H16F3NO4/c2*16-15(17,18)11-6-7-19(12(8-11)13(20)21)14(22)23-9-10-4-2-1-3-5-10/h2*1-5,11-12H,6-9H2,(H,20,21)/t2*11-,12-/m10/s1. The van der Waals surface area contributed by atoms with Gasteiger partial charge in [-0.2, -0.15) is 26.3 Å². The molecule has 2 aliphatic rings. The van der Waals surface area contributed by atoms with Crippen LogP contribution in [0.25, 0.3) is 0 Å². The van der Waals surface area contributed by atoms with Crippen LogP contribution in [0.3, 0.4) is 0 Å². The molecule has 0 unspecified atom stereocenters.